The first-order valence-corrected chi connectivity index (χ1v) is 14.7. The zero-order chi connectivity index (χ0) is 29.0. The van der Waals surface area contributed by atoms with E-state index in [9.17, 15) is 24.0 Å². The summed E-state index contributed by atoms with van der Waals surface area (Å²) >= 11 is 0. The van der Waals surface area contributed by atoms with Gasteiger partial charge in [0.05, 0.1) is 12.6 Å². The van der Waals surface area contributed by atoms with Crippen LogP contribution in [0.25, 0.3) is 0 Å². The van der Waals surface area contributed by atoms with E-state index < -0.39 is 12.1 Å². The zero-order valence-electron chi connectivity index (χ0n) is 24.2. The SMILES string of the molecule is CCN(CC)c1ccc(C(=O)NCCC(C)CC(=O)N2CCC3C2C(=O)CN3C(=O)C2CCCN2C(C)=O)cc1. The van der Waals surface area contributed by atoms with Crippen molar-refractivity contribution in [3.63, 3.8) is 0 Å². The molecule has 1 N–H and O–H groups in total. The first-order chi connectivity index (χ1) is 19.2. The number of nitrogens with one attached hydrogen (secondary N) is 1. The molecule has 0 bridgehead atoms. The lowest BCUT2D eigenvalue weighted by Gasteiger charge is -2.30. The second-order valence-electron chi connectivity index (χ2n) is 11.3. The number of benzene rings is 1. The maximum absolute atomic E-state index is 13.3. The number of anilines is 1. The molecule has 0 aromatic heterocycles. The number of nitrogens with zero attached hydrogens (tertiary/aromatic N) is 4. The van der Waals surface area contributed by atoms with Gasteiger partial charge >= 0.3 is 0 Å². The zero-order valence-corrected chi connectivity index (χ0v) is 24.2. The van der Waals surface area contributed by atoms with E-state index in [1.807, 2.05) is 31.2 Å². The number of amides is 4. The second-order valence-corrected chi connectivity index (χ2v) is 11.3. The summed E-state index contributed by atoms with van der Waals surface area (Å²) in [5, 5.41) is 2.95. The summed E-state index contributed by atoms with van der Waals surface area (Å²) in [5.41, 5.74) is 1.69. The Kier molecular flexibility index (Phi) is 9.48. The summed E-state index contributed by atoms with van der Waals surface area (Å²) in [6.07, 6.45) is 2.87. The molecule has 3 aliphatic rings. The molecule has 1 aromatic rings. The van der Waals surface area contributed by atoms with Crippen LogP contribution >= 0.6 is 0 Å². The lowest BCUT2D eigenvalue weighted by atomic mass is 10.0. The van der Waals surface area contributed by atoms with Crippen LogP contribution in [-0.2, 0) is 19.2 Å². The smallest absolute Gasteiger partial charge is 0.251 e. The van der Waals surface area contributed by atoms with Gasteiger partial charge in [-0.2, -0.15) is 0 Å². The van der Waals surface area contributed by atoms with Crippen molar-refractivity contribution in [2.45, 2.75) is 77.9 Å². The molecule has 3 saturated heterocycles. The van der Waals surface area contributed by atoms with Crippen molar-refractivity contribution in [3.05, 3.63) is 29.8 Å². The Morgan fingerprint density at radius 2 is 1.70 bits per heavy atom. The minimum Gasteiger partial charge on any atom is -0.372 e. The molecule has 40 heavy (non-hydrogen) atoms. The summed E-state index contributed by atoms with van der Waals surface area (Å²) in [5.74, 6) is -0.613. The molecule has 0 saturated carbocycles. The lowest BCUT2D eigenvalue weighted by molar-refractivity contribution is -0.143. The predicted octanol–water partition coefficient (Wildman–Crippen LogP) is 2.07. The van der Waals surface area contributed by atoms with Crippen LogP contribution < -0.4 is 10.2 Å². The summed E-state index contributed by atoms with van der Waals surface area (Å²) in [6.45, 7) is 10.9. The first-order valence-electron chi connectivity index (χ1n) is 14.7. The van der Waals surface area contributed by atoms with Crippen molar-refractivity contribution in [2.75, 3.05) is 44.2 Å². The average Bonchev–Trinajstić information content (AvgIpc) is 3.66. The van der Waals surface area contributed by atoms with Crippen LogP contribution in [-0.4, -0.2) is 102 Å². The van der Waals surface area contributed by atoms with Crippen LogP contribution in [0.1, 0.15) is 70.2 Å². The minimum atomic E-state index is -0.602. The number of ketones is 1. The Morgan fingerprint density at radius 3 is 2.35 bits per heavy atom. The van der Waals surface area contributed by atoms with Crippen LogP contribution in [0.5, 0.6) is 0 Å². The molecular weight excluding hydrogens is 510 g/mol. The molecule has 0 radical (unpaired) electrons. The average molecular weight is 554 g/mol. The van der Waals surface area contributed by atoms with Crippen molar-refractivity contribution in [3.8, 4) is 0 Å². The molecule has 0 aliphatic carbocycles. The number of fused-ring (bicyclic) bond motifs is 1. The number of carbonyl (C=O) groups excluding carboxylic acids is 5. The second kappa shape index (κ2) is 12.8. The van der Waals surface area contributed by atoms with Gasteiger partial charge in [-0.15, -0.1) is 0 Å². The summed E-state index contributed by atoms with van der Waals surface area (Å²) in [6, 6.07) is 6.14. The van der Waals surface area contributed by atoms with E-state index in [0.717, 1.165) is 25.2 Å². The van der Waals surface area contributed by atoms with Crippen LogP contribution in [0.3, 0.4) is 0 Å². The van der Waals surface area contributed by atoms with Gasteiger partial charge in [0.2, 0.25) is 17.7 Å². The van der Waals surface area contributed by atoms with Crippen molar-refractivity contribution < 1.29 is 24.0 Å². The number of Topliss-reactive ketones (excluding diaryl/α,β-unsaturated/α-hetero) is 1. The molecule has 218 valence electrons. The van der Waals surface area contributed by atoms with Crippen LogP contribution in [0.15, 0.2) is 24.3 Å². The molecule has 4 unspecified atom stereocenters. The Balaban J connectivity index is 1.25. The maximum Gasteiger partial charge on any atom is 0.251 e. The van der Waals surface area contributed by atoms with Gasteiger partial charge in [0, 0.05) is 57.3 Å². The van der Waals surface area contributed by atoms with Crippen molar-refractivity contribution in [1.82, 2.24) is 20.0 Å². The monoisotopic (exact) mass is 553 g/mol. The highest BCUT2D eigenvalue weighted by molar-refractivity contribution is 5.99. The highest BCUT2D eigenvalue weighted by Crippen LogP contribution is 2.33. The van der Waals surface area contributed by atoms with Crippen molar-refractivity contribution in [2.24, 2.45) is 5.92 Å². The highest BCUT2D eigenvalue weighted by Gasteiger charge is 2.52. The van der Waals surface area contributed by atoms with E-state index >= 15 is 0 Å². The molecule has 3 aliphatic heterocycles. The quantitative estimate of drug-likeness (QED) is 0.475. The minimum absolute atomic E-state index is 0.00231. The fourth-order valence-corrected chi connectivity index (χ4v) is 6.45. The molecule has 10 heteroatoms. The van der Waals surface area contributed by atoms with E-state index in [2.05, 4.69) is 24.1 Å². The van der Waals surface area contributed by atoms with E-state index in [-0.39, 0.29) is 54.3 Å². The third kappa shape index (κ3) is 6.15. The molecule has 4 amide bonds. The van der Waals surface area contributed by atoms with Crippen molar-refractivity contribution >= 4 is 35.1 Å². The molecule has 3 heterocycles. The van der Waals surface area contributed by atoms with E-state index in [1.165, 1.54) is 6.92 Å². The van der Waals surface area contributed by atoms with Gasteiger partial charge in [-0.1, -0.05) is 6.92 Å². The van der Waals surface area contributed by atoms with Gasteiger partial charge < -0.3 is 24.9 Å². The maximum atomic E-state index is 13.3. The predicted molar refractivity (Wildman–Crippen MR) is 152 cm³/mol. The molecule has 4 rings (SSSR count). The molecule has 10 nitrogen and oxygen atoms in total. The highest BCUT2D eigenvalue weighted by atomic mass is 16.2. The number of carbonyl (C=O) groups is 5. The van der Waals surface area contributed by atoms with Gasteiger partial charge in [0.1, 0.15) is 12.1 Å². The van der Waals surface area contributed by atoms with Crippen molar-refractivity contribution in [1.29, 1.82) is 0 Å². The summed E-state index contributed by atoms with van der Waals surface area (Å²) < 4.78 is 0. The number of likely N-dealkylation sites (tertiary alicyclic amines) is 3. The normalized spacial score (nSPS) is 22.9. The topological polar surface area (TPSA) is 110 Å². The van der Waals surface area contributed by atoms with Crippen LogP contribution in [0.2, 0.25) is 0 Å². The largest absolute Gasteiger partial charge is 0.372 e. The van der Waals surface area contributed by atoms with Crippen LogP contribution in [0.4, 0.5) is 5.69 Å². The third-order valence-electron chi connectivity index (χ3n) is 8.67. The number of rotatable bonds is 10. The summed E-state index contributed by atoms with van der Waals surface area (Å²) in [7, 11) is 0. The summed E-state index contributed by atoms with van der Waals surface area (Å²) in [4.78, 5) is 71.1. The fourth-order valence-electron chi connectivity index (χ4n) is 6.45. The van der Waals surface area contributed by atoms with E-state index in [1.54, 1.807) is 14.7 Å². The standard InChI is InChI=1S/C30H43N5O5/c1-5-32(6-2)23-11-9-22(10-12-23)29(39)31-15-13-20(3)18-27(38)34-17-14-24-28(34)26(37)19-35(24)30(40)25-8-7-16-33(25)21(4)36/h9-12,20,24-25,28H,5-8,13-19H2,1-4H3,(H,31,39). The van der Waals surface area contributed by atoms with E-state index in [0.29, 0.717) is 44.5 Å². The molecule has 4 atom stereocenters. The van der Waals surface area contributed by atoms with Crippen LogP contribution in [0, 0.1) is 5.92 Å². The fraction of sp³-hybridized carbons (Fsp3) is 0.633. The Morgan fingerprint density at radius 1 is 1.00 bits per heavy atom. The van der Waals surface area contributed by atoms with Gasteiger partial charge in [0.25, 0.3) is 5.91 Å². The molecular formula is C30H43N5O5. The third-order valence-corrected chi connectivity index (χ3v) is 8.67. The van der Waals surface area contributed by atoms with Gasteiger partial charge in [0.15, 0.2) is 5.78 Å². The van der Waals surface area contributed by atoms with E-state index in [4.69, 9.17) is 0 Å². The Bertz CT molecular complexity index is 1120. The van der Waals surface area contributed by atoms with Gasteiger partial charge in [-0.3, -0.25) is 24.0 Å². The molecule has 3 fully saturated rings. The number of hydrogen-bond acceptors (Lipinski definition) is 6. The first kappa shape index (κ1) is 29.6. The Hall–Kier alpha value is -3.43. The van der Waals surface area contributed by atoms with Gasteiger partial charge in [-0.05, 0) is 69.7 Å². The molecule has 1 aromatic carbocycles. The molecule has 0 spiro atoms. The lowest BCUT2D eigenvalue weighted by Crippen LogP contribution is -2.50. The van der Waals surface area contributed by atoms with Gasteiger partial charge in [-0.25, -0.2) is 0 Å². The Labute approximate surface area is 237 Å². The number of hydrogen-bond donors (Lipinski definition) is 1.